The van der Waals surface area contributed by atoms with Gasteiger partial charge in [0, 0.05) is 20.9 Å². The van der Waals surface area contributed by atoms with Crippen LogP contribution in [0.4, 0.5) is 0 Å². The van der Waals surface area contributed by atoms with Gasteiger partial charge in [0.2, 0.25) is 11.8 Å². The van der Waals surface area contributed by atoms with Crippen molar-refractivity contribution in [3.8, 4) is 32.0 Å². The number of nitrogens with zero attached hydrogens (tertiary/aromatic N) is 2. The first-order chi connectivity index (χ1) is 20.9. The van der Waals surface area contributed by atoms with Crippen molar-refractivity contribution in [2.45, 2.75) is 78.1 Å². The fourth-order valence-electron chi connectivity index (χ4n) is 5.72. The molecule has 0 radical (unpaired) electrons. The number of rotatable bonds is 9. The summed E-state index contributed by atoms with van der Waals surface area (Å²) in [6.07, 6.45) is 2.02. The number of aliphatic imine (C=N–C) groups is 2. The Morgan fingerprint density at radius 3 is 1.23 bits per heavy atom. The summed E-state index contributed by atoms with van der Waals surface area (Å²) in [4.78, 5) is 12.3. The highest BCUT2D eigenvalue weighted by atomic mass is 32.1. The van der Waals surface area contributed by atoms with Gasteiger partial charge < -0.3 is 9.47 Å². The predicted octanol–water partition coefficient (Wildman–Crippen LogP) is 9.01. The number of ether oxygens (including phenoxy) is 2. The molecular weight excluding hydrogens is 613 g/mol. The van der Waals surface area contributed by atoms with Gasteiger partial charge in [0.15, 0.2) is 0 Å². The van der Waals surface area contributed by atoms with Crippen LogP contribution in [0.2, 0.25) is 39.3 Å². The van der Waals surface area contributed by atoms with E-state index in [4.69, 9.17) is 19.5 Å². The van der Waals surface area contributed by atoms with Gasteiger partial charge in [-0.15, -0.1) is 22.7 Å². The molecule has 0 bridgehead atoms. The summed E-state index contributed by atoms with van der Waals surface area (Å²) in [6, 6.07) is 23.2. The largest absolute Gasteiger partial charge is 0.475 e. The normalized spacial score (nSPS) is 18.6. The minimum atomic E-state index is -1.60. The third-order valence-corrected chi connectivity index (χ3v) is 18.0. The molecule has 44 heavy (non-hydrogen) atoms. The van der Waals surface area contributed by atoms with E-state index >= 15 is 0 Å². The maximum Gasteiger partial charge on any atom is 0.216 e. The number of hydrogen-bond acceptors (Lipinski definition) is 6. The zero-order valence-corrected chi connectivity index (χ0v) is 30.9. The highest BCUT2D eigenvalue weighted by Gasteiger charge is 2.29. The van der Waals surface area contributed by atoms with Crippen LogP contribution in [-0.4, -0.2) is 53.2 Å². The fraction of sp³-hybridized carbons (Fsp3) is 0.389. The third kappa shape index (κ3) is 6.32. The van der Waals surface area contributed by atoms with E-state index in [0.717, 1.165) is 35.8 Å². The molecule has 4 nitrogen and oxygen atoms in total. The van der Waals surface area contributed by atoms with Gasteiger partial charge in [0.25, 0.3) is 0 Å². The topological polar surface area (TPSA) is 43.2 Å². The first kappa shape index (κ1) is 31.2. The molecule has 0 aliphatic carbocycles. The van der Waals surface area contributed by atoms with Crippen molar-refractivity contribution in [3.05, 3.63) is 71.8 Å². The Morgan fingerprint density at radius 2 is 0.932 bits per heavy atom. The summed E-state index contributed by atoms with van der Waals surface area (Å²) in [5.74, 6) is 1.57. The molecule has 4 heterocycles. The summed E-state index contributed by atoms with van der Waals surface area (Å²) in [5.41, 5.74) is 7.46. The Morgan fingerprint density at radius 1 is 0.591 bits per heavy atom. The standard InChI is InChI=1S/C36H44N2O2S2Si2/c1-9-27-21-39-33(37-27)25-15-11-23(12-16-25)29-19-31(41-35(29)43(3,4)5)32-20-30(36(42-32)44(6,7)8)24-13-17-26(18-14-24)34-38-28(10-2)22-40-34/h11-20,27-28H,9-10,21-22H2,1-8H3/t27-,28-/m1/s1. The van der Waals surface area contributed by atoms with Gasteiger partial charge in [-0.1, -0.05) is 77.4 Å². The van der Waals surface area contributed by atoms with Crippen molar-refractivity contribution >= 4 is 59.6 Å². The molecule has 2 aliphatic heterocycles. The minimum absolute atomic E-state index is 0.279. The summed E-state index contributed by atoms with van der Waals surface area (Å²) in [5, 5.41) is 0. The van der Waals surface area contributed by atoms with Gasteiger partial charge in [0.1, 0.15) is 13.2 Å². The van der Waals surface area contributed by atoms with Crippen molar-refractivity contribution in [1.29, 1.82) is 0 Å². The molecule has 2 aliphatic rings. The summed E-state index contributed by atoms with van der Waals surface area (Å²) in [7, 11) is -3.20. The monoisotopic (exact) mass is 656 g/mol. The lowest BCUT2D eigenvalue weighted by Gasteiger charge is -2.17. The molecular formula is C36H44N2O2S2Si2. The predicted molar refractivity (Wildman–Crippen MR) is 198 cm³/mol. The van der Waals surface area contributed by atoms with Crippen molar-refractivity contribution in [3.63, 3.8) is 0 Å². The average molecular weight is 657 g/mol. The number of hydrogen-bond donors (Lipinski definition) is 0. The molecule has 0 saturated heterocycles. The van der Waals surface area contributed by atoms with Crippen LogP contribution in [-0.2, 0) is 9.47 Å². The first-order valence-corrected chi connectivity index (χ1v) is 24.5. The first-order valence-electron chi connectivity index (χ1n) is 15.9. The van der Waals surface area contributed by atoms with E-state index in [1.54, 1.807) is 9.00 Å². The molecule has 0 amide bonds. The van der Waals surface area contributed by atoms with Crippen LogP contribution in [0.5, 0.6) is 0 Å². The van der Waals surface area contributed by atoms with Gasteiger partial charge in [0.05, 0.1) is 28.2 Å². The Bertz CT molecular complexity index is 1580. The third-order valence-electron chi connectivity index (χ3n) is 8.32. The summed E-state index contributed by atoms with van der Waals surface area (Å²) < 4.78 is 14.9. The Balaban J connectivity index is 1.36. The van der Waals surface area contributed by atoms with Crippen LogP contribution < -0.4 is 9.00 Å². The second-order valence-electron chi connectivity index (χ2n) is 14.0. The molecule has 0 unspecified atom stereocenters. The number of benzene rings is 2. The molecule has 0 saturated carbocycles. The highest BCUT2D eigenvalue weighted by molar-refractivity contribution is 7.34. The Hall–Kier alpha value is -2.79. The van der Waals surface area contributed by atoms with E-state index in [0.29, 0.717) is 13.2 Å². The van der Waals surface area contributed by atoms with E-state index in [1.165, 1.54) is 32.0 Å². The summed E-state index contributed by atoms with van der Waals surface area (Å²) >= 11 is 4.01. The van der Waals surface area contributed by atoms with Crippen molar-refractivity contribution in [1.82, 2.24) is 0 Å². The van der Waals surface area contributed by atoms with Crippen LogP contribution >= 0.6 is 22.7 Å². The van der Waals surface area contributed by atoms with Crippen LogP contribution in [0.15, 0.2) is 70.6 Å². The number of thiophene rings is 2. The smallest absolute Gasteiger partial charge is 0.216 e. The lowest BCUT2D eigenvalue weighted by Crippen LogP contribution is -2.36. The zero-order valence-electron chi connectivity index (χ0n) is 27.3. The molecule has 0 N–H and O–H groups in total. The maximum atomic E-state index is 5.90. The van der Waals surface area contributed by atoms with E-state index in [-0.39, 0.29) is 12.1 Å². The van der Waals surface area contributed by atoms with Crippen LogP contribution in [0.1, 0.15) is 37.8 Å². The lowest BCUT2D eigenvalue weighted by atomic mass is 10.0. The SMILES string of the molecule is CC[C@@H]1COC(c2ccc(-c3cc(-c4cc(-c5ccc(C6=N[C@H](CC)CO6)cc5)c([Si](C)(C)C)s4)sc3[Si](C)(C)C)cc2)=N1. The van der Waals surface area contributed by atoms with Gasteiger partial charge in [-0.3, -0.25) is 0 Å². The van der Waals surface area contributed by atoms with E-state index in [2.05, 4.69) is 114 Å². The van der Waals surface area contributed by atoms with Crippen LogP contribution in [0.25, 0.3) is 32.0 Å². The molecule has 2 aromatic heterocycles. The van der Waals surface area contributed by atoms with Crippen LogP contribution in [0.3, 0.4) is 0 Å². The fourth-order valence-corrected chi connectivity index (χ4v) is 12.8. The van der Waals surface area contributed by atoms with E-state index in [1.807, 2.05) is 22.7 Å². The second-order valence-corrected chi connectivity index (χ2v) is 26.8. The maximum absolute atomic E-state index is 5.90. The van der Waals surface area contributed by atoms with Gasteiger partial charge in [-0.2, -0.15) is 0 Å². The van der Waals surface area contributed by atoms with Gasteiger partial charge in [-0.25, -0.2) is 9.98 Å². The second kappa shape index (κ2) is 12.2. The highest BCUT2D eigenvalue weighted by Crippen LogP contribution is 2.39. The molecule has 4 aromatic rings. The molecule has 2 aromatic carbocycles. The average Bonchev–Trinajstić information content (AvgIpc) is 3.81. The molecule has 6 rings (SSSR count). The van der Waals surface area contributed by atoms with E-state index in [9.17, 15) is 0 Å². The molecule has 0 spiro atoms. The van der Waals surface area contributed by atoms with Crippen LogP contribution in [0, 0.1) is 0 Å². The van der Waals surface area contributed by atoms with E-state index < -0.39 is 16.1 Å². The minimum Gasteiger partial charge on any atom is -0.475 e. The molecule has 0 fully saturated rings. The molecule has 8 heteroatoms. The Labute approximate surface area is 272 Å². The lowest BCUT2D eigenvalue weighted by molar-refractivity contribution is 0.315. The van der Waals surface area contributed by atoms with Gasteiger partial charge in [-0.05, 0) is 80.5 Å². The molecule has 2 atom stereocenters. The van der Waals surface area contributed by atoms with Crippen molar-refractivity contribution in [2.75, 3.05) is 13.2 Å². The molecule has 230 valence electrons. The van der Waals surface area contributed by atoms with Gasteiger partial charge >= 0.3 is 0 Å². The summed E-state index contributed by atoms with van der Waals surface area (Å²) in [6.45, 7) is 20.5. The zero-order chi connectivity index (χ0) is 31.2. The van der Waals surface area contributed by atoms with Crippen molar-refractivity contribution < 1.29 is 9.47 Å². The quantitative estimate of drug-likeness (QED) is 0.169. The Kier molecular flexibility index (Phi) is 8.65. The van der Waals surface area contributed by atoms with Crippen molar-refractivity contribution in [2.24, 2.45) is 9.98 Å².